The largest absolute Gasteiger partial charge is 0.444 e. The predicted octanol–water partition coefficient (Wildman–Crippen LogP) is 1.60. The van der Waals surface area contributed by atoms with Crippen LogP contribution in [0.3, 0.4) is 0 Å². The molecule has 2 rings (SSSR count). The summed E-state index contributed by atoms with van der Waals surface area (Å²) in [5, 5.41) is 0. The maximum Gasteiger partial charge on any atom is 0.417 e. The molecule has 1 atom stereocenters. The van der Waals surface area contributed by atoms with Crippen LogP contribution in [0.2, 0.25) is 0 Å². The Hall–Kier alpha value is -2.02. The second kappa shape index (κ2) is 7.12. The molecule has 2 amide bonds. The lowest BCUT2D eigenvalue weighted by Gasteiger charge is -2.22. The summed E-state index contributed by atoms with van der Waals surface area (Å²) < 4.78 is 5.21. The normalized spacial score (nSPS) is 17.8. The molecule has 1 heterocycles. The van der Waals surface area contributed by atoms with E-state index in [-0.39, 0.29) is 12.6 Å². The fourth-order valence-electron chi connectivity index (χ4n) is 2.00. The van der Waals surface area contributed by atoms with Crippen LogP contribution in [0.4, 0.5) is 4.79 Å². The fourth-order valence-corrected chi connectivity index (χ4v) is 2.46. The monoisotopic (exact) mass is 307 g/mol. The van der Waals surface area contributed by atoms with Crippen LogP contribution in [0.5, 0.6) is 0 Å². The SMILES string of the molecule is CSCC[C@@H]1C(=O)N=C(N)N1C(=O)OCc1ccccc1. The average Bonchev–Trinajstić information content (AvgIpc) is 2.77. The van der Waals surface area contributed by atoms with Gasteiger partial charge in [0, 0.05) is 0 Å². The van der Waals surface area contributed by atoms with Crippen molar-refractivity contribution in [1.29, 1.82) is 0 Å². The van der Waals surface area contributed by atoms with Crippen LogP contribution in [0.1, 0.15) is 12.0 Å². The summed E-state index contributed by atoms with van der Waals surface area (Å²) in [6, 6.07) is 8.66. The molecule has 0 aromatic heterocycles. The summed E-state index contributed by atoms with van der Waals surface area (Å²) >= 11 is 1.59. The predicted molar refractivity (Wildman–Crippen MR) is 81.9 cm³/mol. The van der Waals surface area contributed by atoms with Gasteiger partial charge in [-0.3, -0.25) is 4.79 Å². The molecule has 112 valence electrons. The summed E-state index contributed by atoms with van der Waals surface area (Å²) in [7, 11) is 0. The minimum Gasteiger partial charge on any atom is -0.444 e. The van der Waals surface area contributed by atoms with E-state index in [2.05, 4.69) is 4.99 Å². The third-order valence-corrected chi connectivity index (χ3v) is 3.71. The van der Waals surface area contributed by atoms with Crippen molar-refractivity contribution in [3.8, 4) is 0 Å². The average molecular weight is 307 g/mol. The van der Waals surface area contributed by atoms with Gasteiger partial charge in [0.15, 0.2) is 0 Å². The van der Waals surface area contributed by atoms with E-state index in [0.717, 1.165) is 16.2 Å². The first-order valence-corrected chi connectivity index (χ1v) is 7.89. The zero-order valence-corrected chi connectivity index (χ0v) is 12.5. The molecule has 6 nitrogen and oxygen atoms in total. The molecule has 0 radical (unpaired) electrons. The highest BCUT2D eigenvalue weighted by atomic mass is 32.2. The molecule has 0 unspecified atom stereocenters. The number of rotatable bonds is 5. The second-order valence-electron chi connectivity index (χ2n) is 4.52. The Morgan fingerprint density at radius 1 is 1.43 bits per heavy atom. The molecule has 1 aromatic rings. The Bertz CT molecular complexity index is 548. The summed E-state index contributed by atoms with van der Waals surface area (Å²) in [5.74, 6) is 0.254. The number of thioether (sulfide) groups is 1. The van der Waals surface area contributed by atoms with Crippen molar-refractivity contribution in [2.45, 2.75) is 19.1 Å². The minimum absolute atomic E-state index is 0.0934. The van der Waals surface area contributed by atoms with E-state index < -0.39 is 18.0 Å². The summed E-state index contributed by atoms with van der Waals surface area (Å²) in [6.45, 7) is 0.132. The number of carbonyl (C=O) groups excluding carboxylic acids is 2. The number of hydrogen-bond acceptors (Lipinski definition) is 5. The molecule has 1 aliphatic rings. The van der Waals surface area contributed by atoms with Crippen LogP contribution in [-0.2, 0) is 16.1 Å². The first-order chi connectivity index (χ1) is 10.1. The van der Waals surface area contributed by atoms with E-state index in [4.69, 9.17) is 10.5 Å². The van der Waals surface area contributed by atoms with Gasteiger partial charge < -0.3 is 10.5 Å². The lowest BCUT2D eigenvalue weighted by atomic mass is 10.2. The molecule has 7 heteroatoms. The van der Waals surface area contributed by atoms with Gasteiger partial charge in [-0.05, 0) is 24.0 Å². The van der Waals surface area contributed by atoms with Crippen molar-refractivity contribution in [2.75, 3.05) is 12.0 Å². The quantitative estimate of drug-likeness (QED) is 0.893. The van der Waals surface area contributed by atoms with Gasteiger partial charge in [0.05, 0.1) is 0 Å². The van der Waals surface area contributed by atoms with E-state index in [1.807, 2.05) is 36.6 Å². The lowest BCUT2D eigenvalue weighted by Crippen LogP contribution is -2.46. The zero-order valence-electron chi connectivity index (χ0n) is 11.7. The van der Waals surface area contributed by atoms with E-state index >= 15 is 0 Å². The maximum atomic E-state index is 12.1. The van der Waals surface area contributed by atoms with E-state index in [9.17, 15) is 9.59 Å². The Kier molecular flexibility index (Phi) is 5.21. The highest BCUT2D eigenvalue weighted by Gasteiger charge is 2.38. The second-order valence-corrected chi connectivity index (χ2v) is 5.50. The number of guanidine groups is 1. The van der Waals surface area contributed by atoms with Crippen LogP contribution in [0, 0.1) is 0 Å². The smallest absolute Gasteiger partial charge is 0.417 e. The Labute approximate surface area is 127 Å². The molecule has 0 aliphatic carbocycles. The van der Waals surface area contributed by atoms with Gasteiger partial charge in [-0.25, -0.2) is 9.69 Å². The van der Waals surface area contributed by atoms with Crippen molar-refractivity contribution < 1.29 is 14.3 Å². The van der Waals surface area contributed by atoms with Crippen molar-refractivity contribution >= 4 is 29.7 Å². The topological polar surface area (TPSA) is 85.0 Å². The molecule has 0 spiro atoms. The molecule has 1 aliphatic heterocycles. The molecule has 0 saturated carbocycles. The van der Waals surface area contributed by atoms with Crippen LogP contribution in [0.25, 0.3) is 0 Å². The number of aliphatic imine (C=N–C) groups is 1. The minimum atomic E-state index is -0.652. The van der Waals surface area contributed by atoms with Gasteiger partial charge in [0.1, 0.15) is 12.6 Å². The fraction of sp³-hybridized carbons (Fsp3) is 0.357. The Morgan fingerprint density at radius 3 is 2.81 bits per heavy atom. The van der Waals surface area contributed by atoms with Crippen LogP contribution in [-0.4, -0.2) is 40.9 Å². The molecular formula is C14H17N3O3S. The molecule has 2 N–H and O–H groups in total. The lowest BCUT2D eigenvalue weighted by molar-refractivity contribution is -0.120. The Balaban J connectivity index is 1.99. The standard InChI is InChI=1S/C14H17N3O3S/c1-21-8-7-11-12(18)16-13(15)17(11)14(19)20-9-10-5-3-2-4-6-10/h2-6,11H,7-9H2,1H3,(H2,15,16,18)/t11-/m1/s1. The van der Waals surface area contributed by atoms with Crippen molar-refractivity contribution in [2.24, 2.45) is 10.7 Å². The van der Waals surface area contributed by atoms with Gasteiger partial charge in [-0.1, -0.05) is 30.3 Å². The molecular weight excluding hydrogens is 290 g/mol. The highest BCUT2D eigenvalue weighted by Crippen LogP contribution is 2.17. The van der Waals surface area contributed by atoms with E-state index in [1.54, 1.807) is 11.8 Å². The number of benzene rings is 1. The number of hydrogen-bond donors (Lipinski definition) is 1. The maximum absolute atomic E-state index is 12.1. The number of amides is 2. The van der Waals surface area contributed by atoms with Crippen LogP contribution < -0.4 is 5.73 Å². The van der Waals surface area contributed by atoms with E-state index in [1.165, 1.54) is 0 Å². The highest BCUT2D eigenvalue weighted by molar-refractivity contribution is 7.98. The van der Waals surface area contributed by atoms with Crippen molar-refractivity contribution in [3.05, 3.63) is 35.9 Å². The van der Waals surface area contributed by atoms with Gasteiger partial charge in [-0.2, -0.15) is 16.8 Å². The molecule has 0 fully saturated rings. The number of ether oxygens (including phenoxy) is 1. The molecule has 0 bridgehead atoms. The van der Waals surface area contributed by atoms with Crippen LogP contribution in [0.15, 0.2) is 35.3 Å². The van der Waals surface area contributed by atoms with Crippen LogP contribution >= 0.6 is 11.8 Å². The van der Waals surface area contributed by atoms with Gasteiger partial charge in [0.25, 0.3) is 5.91 Å². The van der Waals surface area contributed by atoms with Crippen molar-refractivity contribution in [3.63, 3.8) is 0 Å². The van der Waals surface area contributed by atoms with Crippen molar-refractivity contribution in [1.82, 2.24) is 4.90 Å². The first kappa shape index (κ1) is 15.4. The van der Waals surface area contributed by atoms with Gasteiger partial charge in [-0.15, -0.1) is 0 Å². The summed E-state index contributed by atoms with van der Waals surface area (Å²) in [6.07, 6.45) is 1.80. The molecule has 21 heavy (non-hydrogen) atoms. The molecule has 1 aromatic carbocycles. The number of nitrogens with zero attached hydrogens (tertiary/aromatic N) is 2. The third-order valence-electron chi connectivity index (χ3n) is 3.07. The number of nitrogens with two attached hydrogens (primary N) is 1. The Morgan fingerprint density at radius 2 is 2.14 bits per heavy atom. The first-order valence-electron chi connectivity index (χ1n) is 6.50. The van der Waals surface area contributed by atoms with Gasteiger partial charge in [0.2, 0.25) is 5.96 Å². The van der Waals surface area contributed by atoms with E-state index in [0.29, 0.717) is 6.42 Å². The zero-order chi connectivity index (χ0) is 15.2. The molecule has 0 saturated heterocycles. The summed E-state index contributed by atoms with van der Waals surface area (Å²) in [4.78, 5) is 28.7. The number of carbonyl (C=O) groups is 2. The van der Waals surface area contributed by atoms with Gasteiger partial charge >= 0.3 is 6.09 Å². The third kappa shape index (κ3) is 3.75. The summed E-state index contributed by atoms with van der Waals surface area (Å²) in [5.41, 5.74) is 6.52.